The molecule has 1 saturated heterocycles. The topological polar surface area (TPSA) is 49.4 Å². The summed E-state index contributed by atoms with van der Waals surface area (Å²) < 4.78 is 0. The van der Waals surface area contributed by atoms with Crippen molar-refractivity contribution in [3.05, 3.63) is 0 Å². The second-order valence-electron chi connectivity index (χ2n) is 6.68. The molecule has 19 heavy (non-hydrogen) atoms. The maximum atomic E-state index is 12.8. The maximum Gasteiger partial charge on any atom is 0.249 e. The minimum absolute atomic E-state index is 0.0418. The van der Waals surface area contributed by atoms with Crippen LogP contribution >= 0.6 is 0 Å². The molecule has 1 spiro atoms. The Morgan fingerprint density at radius 2 is 1.74 bits per heavy atom. The smallest absolute Gasteiger partial charge is 0.249 e. The highest BCUT2D eigenvalue weighted by Gasteiger charge is 2.49. The van der Waals surface area contributed by atoms with Crippen molar-refractivity contribution in [3.8, 4) is 0 Å². The van der Waals surface area contributed by atoms with Crippen molar-refractivity contribution in [3.63, 3.8) is 0 Å². The Bertz CT molecular complexity index is 380. The zero-order valence-corrected chi connectivity index (χ0v) is 11.8. The van der Waals surface area contributed by atoms with Gasteiger partial charge in [0.15, 0.2) is 0 Å². The van der Waals surface area contributed by atoms with Crippen molar-refractivity contribution in [1.29, 1.82) is 0 Å². The van der Waals surface area contributed by atoms with Gasteiger partial charge >= 0.3 is 0 Å². The molecule has 2 aliphatic carbocycles. The number of hydrogen-bond acceptors (Lipinski definition) is 2. The summed E-state index contributed by atoms with van der Waals surface area (Å²) in [5.41, 5.74) is -0.543. The van der Waals surface area contributed by atoms with Crippen LogP contribution < -0.4 is 5.32 Å². The van der Waals surface area contributed by atoms with Crippen molar-refractivity contribution < 1.29 is 9.59 Å². The number of piperazine rings is 1. The van der Waals surface area contributed by atoms with E-state index in [0.717, 1.165) is 44.4 Å². The number of amides is 2. The van der Waals surface area contributed by atoms with E-state index in [2.05, 4.69) is 12.2 Å². The van der Waals surface area contributed by atoms with Gasteiger partial charge in [-0.25, -0.2) is 0 Å². The summed E-state index contributed by atoms with van der Waals surface area (Å²) in [6, 6.07) is 0.298. The molecule has 106 valence electrons. The minimum Gasteiger partial charge on any atom is -0.340 e. The van der Waals surface area contributed by atoms with Gasteiger partial charge in [0.05, 0.1) is 6.54 Å². The van der Waals surface area contributed by atoms with E-state index in [1.54, 1.807) is 0 Å². The Hall–Kier alpha value is -1.06. The summed E-state index contributed by atoms with van der Waals surface area (Å²) >= 11 is 0. The summed E-state index contributed by atoms with van der Waals surface area (Å²) in [6.45, 7) is 2.55. The van der Waals surface area contributed by atoms with Gasteiger partial charge in [-0.1, -0.05) is 19.8 Å². The standard InChI is InChI=1S/C15H24N2O2/c1-11-4-6-12(7-5-11)17-10-13(18)16-15(14(17)19)8-2-3-9-15/h11-12H,2-10H2,1H3,(H,16,18). The van der Waals surface area contributed by atoms with Crippen LogP contribution in [0.1, 0.15) is 58.3 Å². The first-order valence-electron chi connectivity index (χ1n) is 7.73. The predicted octanol–water partition coefficient (Wildman–Crippen LogP) is 1.84. The molecular formula is C15H24N2O2. The average molecular weight is 264 g/mol. The van der Waals surface area contributed by atoms with Gasteiger partial charge in [0.1, 0.15) is 5.54 Å². The summed E-state index contributed by atoms with van der Waals surface area (Å²) in [5, 5.41) is 2.99. The van der Waals surface area contributed by atoms with E-state index >= 15 is 0 Å². The molecule has 4 nitrogen and oxygen atoms in total. The van der Waals surface area contributed by atoms with E-state index in [0.29, 0.717) is 6.04 Å². The molecule has 2 saturated carbocycles. The van der Waals surface area contributed by atoms with Crippen molar-refractivity contribution >= 4 is 11.8 Å². The lowest BCUT2D eigenvalue weighted by atomic mass is 9.84. The molecule has 1 N–H and O–H groups in total. The molecule has 3 rings (SSSR count). The third kappa shape index (κ3) is 2.26. The van der Waals surface area contributed by atoms with E-state index < -0.39 is 5.54 Å². The molecule has 1 aliphatic heterocycles. The Labute approximate surface area is 114 Å². The fourth-order valence-corrected chi connectivity index (χ4v) is 4.03. The molecule has 2 amide bonds. The number of hydrogen-bond donors (Lipinski definition) is 1. The number of rotatable bonds is 1. The molecule has 0 aromatic rings. The van der Waals surface area contributed by atoms with Gasteiger partial charge in [0.25, 0.3) is 0 Å². The summed E-state index contributed by atoms with van der Waals surface area (Å²) in [7, 11) is 0. The lowest BCUT2D eigenvalue weighted by Crippen LogP contribution is -2.67. The van der Waals surface area contributed by atoms with Crippen molar-refractivity contribution in [2.24, 2.45) is 5.92 Å². The molecule has 0 aromatic carbocycles. The molecule has 0 unspecified atom stereocenters. The fourth-order valence-electron chi connectivity index (χ4n) is 4.03. The van der Waals surface area contributed by atoms with Gasteiger partial charge in [-0.05, 0) is 44.4 Å². The molecule has 3 aliphatic rings. The van der Waals surface area contributed by atoms with E-state index in [9.17, 15) is 9.59 Å². The highest BCUT2D eigenvalue weighted by molar-refractivity contribution is 5.98. The lowest BCUT2D eigenvalue weighted by Gasteiger charge is -2.44. The molecule has 0 atom stereocenters. The first kappa shape index (κ1) is 12.9. The highest BCUT2D eigenvalue weighted by Crippen LogP contribution is 2.36. The second kappa shape index (κ2) is 4.80. The van der Waals surface area contributed by atoms with Crippen LogP contribution in [0.3, 0.4) is 0 Å². The van der Waals surface area contributed by atoms with Gasteiger partial charge in [0, 0.05) is 6.04 Å². The molecule has 1 heterocycles. The van der Waals surface area contributed by atoms with E-state index in [4.69, 9.17) is 0 Å². The Morgan fingerprint density at radius 1 is 1.11 bits per heavy atom. The van der Waals surface area contributed by atoms with Crippen molar-refractivity contribution in [1.82, 2.24) is 10.2 Å². The minimum atomic E-state index is -0.543. The normalized spacial score (nSPS) is 34.7. The SMILES string of the molecule is CC1CCC(N2CC(=O)NC3(CCCC3)C2=O)CC1. The molecule has 0 radical (unpaired) electrons. The van der Waals surface area contributed by atoms with Gasteiger partial charge in [-0.3, -0.25) is 9.59 Å². The van der Waals surface area contributed by atoms with Gasteiger partial charge < -0.3 is 10.2 Å². The van der Waals surface area contributed by atoms with Crippen LogP contribution in [-0.4, -0.2) is 34.8 Å². The zero-order valence-electron chi connectivity index (χ0n) is 11.8. The quantitative estimate of drug-likeness (QED) is 0.785. The first-order chi connectivity index (χ1) is 9.11. The van der Waals surface area contributed by atoms with Gasteiger partial charge in [0.2, 0.25) is 11.8 Å². The Kier molecular flexibility index (Phi) is 3.27. The third-order valence-electron chi connectivity index (χ3n) is 5.25. The van der Waals surface area contributed by atoms with Crippen LogP contribution in [0.4, 0.5) is 0 Å². The summed E-state index contributed by atoms with van der Waals surface area (Å²) in [4.78, 5) is 26.7. The molecular weight excluding hydrogens is 240 g/mol. The lowest BCUT2D eigenvalue weighted by molar-refractivity contribution is -0.153. The number of carbonyl (C=O) groups excluding carboxylic acids is 2. The van der Waals surface area contributed by atoms with Crippen molar-refractivity contribution in [2.75, 3.05) is 6.54 Å². The molecule has 0 aromatic heterocycles. The molecule has 4 heteroatoms. The summed E-state index contributed by atoms with van der Waals surface area (Å²) in [6.07, 6.45) is 8.27. The second-order valence-corrected chi connectivity index (χ2v) is 6.68. The third-order valence-corrected chi connectivity index (χ3v) is 5.25. The van der Waals surface area contributed by atoms with E-state index in [1.165, 1.54) is 12.8 Å². The van der Waals surface area contributed by atoms with Crippen LogP contribution in [0.25, 0.3) is 0 Å². The molecule has 0 bridgehead atoms. The number of nitrogens with one attached hydrogen (secondary N) is 1. The van der Waals surface area contributed by atoms with Crippen LogP contribution in [0.15, 0.2) is 0 Å². The number of nitrogens with zero attached hydrogens (tertiary/aromatic N) is 1. The highest BCUT2D eigenvalue weighted by atomic mass is 16.2. The first-order valence-corrected chi connectivity index (χ1v) is 7.73. The van der Waals surface area contributed by atoms with Gasteiger partial charge in [-0.2, -0.15) is 0 Å². The number of carbonyl (C=O) groups is 2. The average Bonchev–Trinajstić information content (AvgIpc) is 2.84. The fraction of sp³-hybridized carbons (Fsp3) is 0.867. The summed E-state index contributed by atoms with van der Waals surface area (Å²) in [5.74, 6) is 1.01. The van der Waals surface area contributed by atoms with E-state index in [-0.39, 0.29) is 18.4 Å². The van der Waals surface area contributed by atoms with Crippen molar-refractivity contribution in [2.45, 2.75) is 69.9 Å². The predicted molar refractivity (Wildman–Crippen MR) is 72.5 cm³/mol. The molecule has 3 fully saturated rings. The Morgan fingerprint density at radius 3 is 2.37 bits per heavy atom. The largest absolute Gasteiger partial charge is 0.340 e. The maximum absolute atomic E-state index is 12.8. The van der Waals surface area contributed by atoms with Crippen LogP contribution in [0.2, 0.25) is 0 Å². The van der Waals surface area contributed by atoms with Gasteiger partial charge in [-0.15, -0.1) is 0 Å². The van der Waals surface area contributed by atoms with Crippen LogP contribution in [0, 0.1) is 5.92 Å². The monoisotopic (exact) mass is 264 g/mol. The zero-order chi connectivity index (χ0) is 13.5. The Balaban J connectivity index is 1.77. The van der Waals surface area contributed by atoms with E-state index in [1.807, 2.05) is 4.90 Å². The van der Waals surface area contributed by atoms with Crippen LogP contribution in [-0.2, 0) is 9.59 Å². The van der Waals surface area contributed by atoms with Crippen LogP contribution in [0.5, 0.6) is 0 Å².